The van der Waals surface area contributed by atoms with Gasteiger partial charge in [-0.1, -0.05) is 6.07 Å². The Morgan fingerprint density at radius 1 is 0.879 bits per heavy atom. The van der Waals surface area contributed by atoms with Gasteiger partial charge in [-0.25, -0.2) is 13.7 Å². The van der Waals surface area contributed by atoms with Gasteiger partial charge in [0, 0.05) is 35.4 Å². The first-order valence-corrected chi connectivity index (χ1v) is 11.6. The van der Waals surface area contributed by atoms with Crippen LogP contribution >= 0.6 is 11.3 Å². The molecule has 168 valence electrons. The minimum absolute atomic E-state index is 0.0387. The zero-order valence-corrected chi connectivity index (χ0v) is 18.5. The minimum atomic E-state index is -0.851. The maximum absolute atomic E-state index is 14.5. The normalized spacial score (nSPS) is 16.7. The molecular formula is C25H21F2N3O2S. The first kappa shape index (κ1) is 21.3. The highest BCUT2D eigenvalue weighted by atomic mass is 32.1. The number of hydrogen-bond donors (Lipinski definition) is 1. The minimum Gasteiger partial charge on any atom is -0.372 e. The van der Waals surface area contributed by atoms with Gasteiger partial charge in [0.05, 0.1) is 11.3 Å². The first-order valence-electron chi connectivity index (χ1n) is 10.8. The van der Waals surface area contributed by atoms with E-state index in [1.165, 1.54) is 30.6 Å². The Kier molecular flexibility index (Phi) is 5.68. The second-order valence-corrected chi connectivity index (χ2v) is 8.94. The fourth-order valence-electron chi connectivity index (χ4n) is 4.22. The molecule has 0 unspecified atom stereocenters. The lowest BCUT2D eigenvalue weighted by Gasteiger charge is -2.28. The summed E-state index contributed by atoms with van der Waals surface area (Å²) in [6.45, 7) is 2.03. The average molecular weight is 466 g/mol. The molecule has 5 rings (SSSR count). The second-order valence-electron chi connectivity index (χ2n) is 7.99. The van der Waals surface area contributed by atoms with E-state index in [2.05, 4.69) is 10.2 Å². The van der Waals surface area contributed by atoms with Gasteiger partial charge in [0.1, 0.15) is 17.3 Å². The van der Waals surface area contributed by atoms with Gasteiger partial charge in [0.2, 0.25) is 0 Å². The van der Waals surface area contributed by atoms with Crippen molar-refractivity contribution in [2.75, 3.05) is 28.2 Å². The van der Waals surface area contributed by atoms with E-state index in [1.807, 2.05) is 24.3 Å². The van der Waals surface area contributed by atoms with Crippen molar-refractivity contribution >= 4 is 45.8 Å². The van der Waals surface area contributed by atoms with Crippen molar-refractivity contribution in [1.82, 2.24) is 0 Å². The molecule has 0 saturated carbocycles. The zero-order chi connectivity index (χ0) is 22.9. The molecule has 2 amide bonds. The molecule has 8 heteroatoms. The van der Waals surface area contributed by atoms with Gasteiger partial charge in [0.25, 0.3) is 11.8 Å². The van der Waals surface area contributed by atoms with E-state index in [1.54, 1.807) is 17.5 Å². The van der Waals surface area contributed by atoms with Crippen LogP contribution in [0.25, 0.3) is 5.57 Å². The lowest BCUT2D eigenvalue weighted by molar-refractivity contribution is -0.120. The van der Waals surface area contributed by atoms with E-state index in [9.17, 15) is 18.4 Å². The molecule has 2 aliphatic rings. The van der Waals surface area contributed by atoms with Crippen molar-refractivity contribution in [3.8, 4) is 0 Å². The van der Waals surface area contributed by atoms with Gasteiger partial charge in [-0.3, -0.25) is 9.59 Å². The van der Waals surface area contributed by atoms with E-state index in [0.717, 1.165) is 37.0 Å². The zero-order valence-electron chi connectivity index (χ0n) is 17.7. The topological polar surface area (TPSA) is 52.7 Å². The SMILES string of the molecule is O=C1C(Nc2ccc(N3CCCCC3)cc2)=C(c2cccs2)C(=O)N1c1cc(F)ccc1F. The smallest absolute Gasteiger partial charge is 0.282 e. The predicted octanol–water partition coefficient (Wildman–Crippen LogP) is 5.41. The molecule has 0 radical (unpaired) electrons. The van der Waals surface area contributed by atoms with Crippen molar-refractivity contribution in [3.63, 3.8) is 0 Å². The summed E-state index contributed by atoms with van der Waals surface area (Å²) in [6, 6.07) is 13.8. The molecule has 1 fully saturated rings. The predicted molar refractivity (Wildman–Crippen MR) is 126 cm³/mol. The molecule has 2 aromatic carbocycles. The van der Waals surface area contributed by atoms with E-state index in [0.29, 0.717) is 15.5 Å². The number of carbonyl (C=O) groups excluding carboxylic acids is 2. The Labute approximate surface area is 193 Å². The molecule has 1 aromatic heterocycles. The van der Waals surface area contributed by atoms with Crippen LogP contribution in [-0.2, 0) is 9.59 Å². The third-order valence-corrected chi connectivity index (χ3v) is 6.75. The van der Waals surface area contributed by atoms with Gasteiger partial charge in [0.15, 0.2) is 0 Å². The van der Waals surface area contributed by atoms with Crippen LogP contribution in [0.2, 0.25) is 0 Å². The molecule has 2 aliphatic heterocycles. The van der Waals surface area contributed by atoms with Gasteiger partial charge in [-0.2, -0.15) is 0 Å². The number of piperidine rings is 1. The molecule has 0 aliphatic carbocycles. The highest BCUT2D eigenvalue weighted by molar-refractivity contribution is 7.11. The Bertz CT molecular complexity index is 1230. The fraction of sp³-hybridized carbons (Fsp3) is 0.200. The van der Waals surface area contributed by atoms with Crippen LogP contribution in [0.15, 0.2) is 65.7 Å². The number of thiophene rings is 1. The summed E-state index contributed by atoms with van der Waals surface area (Å²) in [7, 11) is 0. The Balaban J connectivity index is 1.49. The summed E-state index contributed by atoms with van der Waals surface area (Å²) in [6.07, 6.45) is 3.58. The van der Waals surface area contributed by atoms with Crippen molar-refractivity contribution in [3.05, 3.63) is 82.2 Å². The summed E-state index contributed by atoms with van der Waals surface area (Å²) in [4.78, 5) is 30.1. The molecule has 0 atom stereocenters. The summed E-state index contributed by atoms with van der Waals surface area (Å²) in [5, 5.41) is 4.85. The number of nitrogens with one attached hydrogen (secondary N) is 1. The summed E-state index contributed by atoms with van der Waals surface area (Å²) < 4.78 is 28.3. The van der Waals surface area contributed by atoms with Crippen LogP contribution in [0.4, 0.5) is 25.8 Å². The number of halogens is 2. The van der Waals surface area contributed by atoms with Crippen LogP contribution in [0.1, 0.15) is 24.1 Å². The lowest BCUT2D eigenvalue weighted by Crippen LogP contribution is -2.33. The quantitative estimate of drug-likeness (QED) is 0.512. The average Bonchev–Trinajstić information content (AvgIpc) is 3.43. The van der Waals surface area contributed by atoms with Crippen molar-refractivity contribution in [1.29, 1.82) is 0 Å². The van der Waals surface area contributed by atoms with Crippen LogP contribution in [0.3, 0.4) is 0 Å². The molecule has 1 N–H and O–H groups in total. The Morgan fingerprint density at radius 2 is 1.64 bits per heavy atom. The molecule has 3 aromatic rings. The standard InChI is InChI=1S/C25H21F2N3O2S/c26-16-6-11-19(27)20(15-16)30-24(31)22(21-5-4-14-33-21)23(25(30)32)28-17-7-9-18(10-8-17)29-12-2-1-3-13-29/h4-11,14-15,28H,1-3,12-13H2. The monoisotopic (exact) mass is 465 g/mol. The van der Waals surface area contributed by atoms with Gasteiger partial charge in [-0.05, 0) is 67.1 Å². The third-order valence-electron chi connectivity index (χ3n) is 5.86. The third kappa shape index (κ3) is 4.02. The van der Waals surface area contributed by atoms with E-state index < -0.39 is 29.1 Å². The fourth-order valence-corrected chi connectivity index (χ4v) is 4.99. The van der Waals surface area contributed by atoms with Crippen molar-refractivity contribution in [2.24, 2.45) is 0 Å². The van der Waals surface area contributed by atoms with Crippen molar-refractivity contribution < 1.29 is 18.4 Å². The highest BCUT2D eigenvalue weighted by Gasteiger charge is 2.42. The largest absolute Gasteiger partial charge is 0.372 e. The first-order chi connectivity index (χ1) is 16.0. The molecule has 0 bridgehead atoms. The molecular weight excluding hydrogens is 444 g/mol. The Hall–Kier alpha value is -3.52. The van der Waals surface area contributed by atoms with E-state index >= 15 is 0 Å². The summed E-state index contributed by atoms with van der Waals surface area (Å²) >= 11 is 1.29. The number of hydrogen-bond acceptors (Lipinski definition) is 5. The number of benzene rings is 2. The van der Waals surface area contributed by atoms with Gasteiger partial charge in [-0.15, -0.1) is 11.3 Å². The maximum Gasteiger partial charge on any atom is 0.282 e. The van der Waals surface area contributed by atoms with Crippen molar-refractivity contribution in [2.45, 2.75) is 19.3 Å². The molecule has 33 heavy (non-hydrogen) atoms. The molecule has 0 spiro atoms. The van der Waals surface area contributed by atoms with Crippen LogP contribution < -0.4 is 15.1 Å². The van der Waals surface area contributed by atoms with E-state index in [-0.39, 0.29) is 11.3 Å². The number of amides is 2. The number of nitrogens with zero attached hydrogens (tertiary/aromatic N) is 2. The van der Waals surface area contributed by atoms with Crippen LogP contribution in [0, 0.1) is 11.6 Å². The van der Waals surface area contributed by atoms with Crippen LogP contribution in [0.5, 0.6) is 0 Å². The Morgan fingerprint density at radius 3 is 2.33 bits per heavy atom. The van der Waals surface area contributed by atoms with Gasteiger partial charge >= 0.3 is 0 Å². The molecule has 3 heterocycles. The number of anilines is 3. The second kappa shape index (κ2) is 8.78. The number of imide groups is 1. The van der Waals surface area contributed by atoms with E-state index in [4.69, 9.17) is 0 Å². The molecule has 5 nitrogen and oxygen atoms in total. The highest BCUT2D eigenvalue weighted by Crippen LogP contribution is 2.37. The summed E-state index contributed by atoms with van der Waals surface area (Å²) in [5.74, 6) is -3.01. The van der Waals surface area contributed by atoms with Crippen LogP contribution in [-0.4, -0.2) is 24.9 Å². The molecule has 1 saturated heterocycles. The number of rotatable bonds is 5. The maximum atomic E-state index is 14.5. The number of carbonyl (C=O) groups is 2. The lowest BCUT2D eigenvalue weighted by atomic mass is 10.1. The summed E-state index contributed by atoms with van der Waals surface area (Å²) in [5.41, 5.74) is 1.50. The van der Waals surface area contributed by atoms with Gasteiger partial charge < -0.3 is 10.2 Å².